The maximum absolute atomic E-state index is 4.33. The Morgan fingerprint density at radius 3 is 3.00 bits per heavy atom. The van der Waals surface area contributed by atoms with Crippen LogP contribution in [0.15, 0.2) is 42.7 Å². The Labute approximate surface area is 88.8 Å². The number of nitrogens with zero attached hydrogens (tertiary/aromatic N) is 2. The third kappa shape index (κ3) is 1.78. The maximum atomic E-state index is 4.33. The summed E-state index contributed by atoms with van der Waals surface area (Å²) in [7, 11) is 0. The maximum Gasteiger partial charge on any atom is 0.0645 e. The van der Waals surface area contributed by atoms with Gasteiger partial charge in [-0.1, -0.05) is 6.07 Å². The van der Waals surface area contributed by atoms with Crippen LogP contribution in [0.5, 0.6) is 0 Å². The lowest BCUT2D eigenvalue weighted by molar-refractivity contribution is 0.726. The fourth-order valence-electron chi connectivity index (χ4n) is 1.82. The average molecular weight is 199 g/mol. The predicted molar refractivity (Wildman–Crippen MR) is 58.5 cm³/mol. The lowest BCUT2D eigenvalue weighted by Gasteiger charge is -2.06. The van der Waals surface area contributed by atoms with E-state index in [1.807, 2.05) is 18.3 Å². The Balaban J connectivity index is 1.84. The number of nitrogens with one attached hydrogen (secondary N) is 1. The number of hydrogen-bond acceptors (Lipinski definition) is 2. The van der Waals surface area contributed by atoms with E-state index in [0.717, 1.165) is 18.8 Å². The second-order valence-corrected chi connectivity index (χ2v) is 3.84. The van der Waals surface area contributed by atoms with Gasteiger partial charge in [0, 0.05) is 24.6 Å². The molecule has 1 N–H and O–H groups in total. The van der Waals surface area contributed by atoms with Gasteiger partial charge < -0.3 is 9.88 Å². The molecular weight excluding hydrogens is 186 g/mol. The molecule has 0 radical (unpaired) electrons. The Bertz CT molecular complexity index is 443. The minimum atomic E-state index is 0.559. The van der Waals surface area contributed by atoms with Crippen molar-refractivity contribution in [1.29, 1.82) is 0 Å². The molecule has 2 aromatic rings. The van der Waals surface area contributed by atoms with Gasteiger partial charge in [-0.3, -0.25) is 4.98 Å². The van der Waals surface area contributed by atoms with Crippen LogP contribution in [0.3, 0.4) is 0 Å². The van der Waals surface area contributed by atoms with Crippen LogP contribution < -0.4 is 5.32 Å². The fourth-order valence-corrected chi connectivity index (χ4v) is 1.82. The summed E-state index contributed by atoms with van der Waals surface area (Å²) in [4.78, 5) is 4.33. The molecule has 1 aliphatic heterocycles. The number of hydrogen-bond donors (Lipinski definition) is 1. The zero-order valence-corrected chi connectivity index (χ0v) is 8.43. The summed E-state index contributed by atoms with van der Waals surface area (Å²) in [6, 6.07) is 10.9. The Morgan fingerprint density at radius 1 is 1.33 bits per heavy atom. The van der Waals surface area contributed by atoms with Crippen molar-refractivity contribution < 1.29 is 0 Å². The third-order valence-electron chi connectivity index (χ3n) is 2.69. The van der Waals surface area contributed by atoms with Crippen molar-refractivity contribution in [2.75, 3.05) is 6.54 Å². The van der Waals surface area contributed by atoms with Crippen LogP contribution in [0.4, 0.5) is 0 Å². The van der Waals surface area contributed by atoms with Crippen molar-refractivity contribution in [2.24, 2.45) is 0 Å². The molecule has 0 spiro atoms. The molecule has 3 rings (SSSR count). The Kier molecular flexibility index (Phi) is 2.03. The van der Waals surface area contributed by atoms with Gasteiger partial charge >= 0.3 is 0 Å². The van der Waals surface area contributed by atoms with E-state index < -0.39 is 0 Å². The normalized spacial score (nSPS) is 19.1. The molecule has 3 nitrogen and oxygen atoms in total. The Morgan fingerprint density at radius 2 is 2.27 bits per heavy atom. The van der Waals surface area contributed by atoms with E-state index in [0.29, 0.717) is 6.04 Å². The smallest absolute Gasteiger partial charge is 0.0645 e. The lowest BCUT2D eigenvalue weighted by atomic mass is 10.3. The van der Waals surface area contributed by atoms with Crippen LogP contribution in [-0.4, -0.2) is 16.1 Å². The number of pyridine rings is 1. The molecule has 3 heteroatoms. The van der Waals surface area contributed by atoms with Gasteiger partial charge in [0.1, 0.15) is 0 Å². The van der Waals surface area contributed by atoms with Crippen LogP contribution in [0.2, 0.25) is 0 Å². The highest BCUT2D eigenvalue weighted by Crippen LogP contribution is 2.22. The molecular formula is C12H13N3. The summed E-state index contributed by atoms with van der Waals surface area (Å²) in [5, 5.41) is 3.32. The molecule has 1 fully saturated rings. The monoisotopic (exact) mass is 199 g/mol. The molecule has 0 unspecified atom stereocenters. The zero-order valence-electron chi connectivity index (χ0n) is 8.43. The molecule has 1 atom stereocenters. The van der Waals surface area contributed by atoms with Gasteiger partial charge in [-0.15, -0.1) is 0 Å². The summed E-state index contributed by atoms with van der Waals surface area (Å²) < 4.78 is 2.26. The summed E-state index contributed by atoms with van der Waals surface area (Å²) in [5.74, 6) is 0. The fraction of sp³-hybridized carbons (Fsp3) is 0.250. The first-order valence-electron chi connectivity index (χ1n) is 5.22. The summed E-state index contributed by atoms with van der Waals surface area (Å²) in [6.07, 6.45) is 3.96. The van der Waals surface area contributed by atoms with Crippen LogP contribution >= 0.6 is 0 Å². The largest absolute Gasteiger partial charge is 0.344 e. The molecule has 3 heterocycles. The molecule has 76 valence electrons. The number of aromatic nitrogens is 2. The van der Waals surface area contributed by atoms with Crippen LogP contribution in [0, 0.1) is 0 Å². The second kappa shape index (κ2) is 3.51. The minimum absolute atomic E-state index is 0.559. The van der Waals surface area contributed by atoms with Crippen molar-refractivity contribution in [1.82, 2.24) is 14.9 Å². The van der Waals surface area contributed by atoms with Crippen molar-refractivity contribution in [3.63, 3.8) is 0 Å². The van der Waals surface area contributed by atoms with Gasteiger partial charge in [-0.25, -0.2) is 0 Å². The Hall–Kier alpha value is -1.61. The zero-order chi connectivity index (χ0) is 10.1. The van der Waals surface area contributed by atoms with Crippen molar-refractivity contribution >= 4 is 0 Å². The second-order valence-electron chi connectivity index (χ2n) is 3.84. The summed E-state index contributed by atoms with van der Waals surface area (Å²) in [6.45, 7) is 1.97. The van der Waals surface area contributed by atoms with E-state index in [9.17, 15) is 0 Å². The SMILES string of the molecule is c1ccc(Cn2cccc2[C@H]2CN2)nc1. The van der Waals surface area contributed by atoms with Gasteiger partial charge in [0.15, 0.2) is 0 Å². The van der Waals surface area contributed by atoms with E-state index in [2.05, 4.69) is 39.3 Å². The lowest BCUT2D eigenvalue weighted by Crippen LogP contribution is -2.04. The van der Waals surface area contributed by atoms with Crippen molar-refractivity contribution in [2.45, 2.75) is 12.6 Å². The minimum Gasteiger partial charge on any atom is -0.344 e. The van der Waals surface area contributed by atoms with Gasteiger partial charge in [0.2, 0.25) is 0 Å². The highest BCUT2D eigenvalue weighted by molar-refractivity contribution is 5.19. The van der Waals surface area contributed by atoms with E-state index in [1.165, 1.54) is 5.69 Å². The van der Waals surface area contributed by atoms with Gasteiger partial charge in [0.05, 0.1) is 18.3 Å². The van der Waals surface area contributed by atoms with Crippen LogP contribution in [0.25, 0.3) is 0 Å². The first kappa shape index (κ1) is 8.68. The first-order valence-corrected chi connectivity index (χ1v) is 5.22. The molecule has 0 amide bonds. The van der Waals surface area contributed by atoms with Gasteiger partial charge in [-0.2, -0.15) is 0 Å². The van der Waals surface area contributed by atoms with E-state index in [1.54, 1.807) is 0 Å². The summed E-state index contributed by atoms with van der Waals surface area (Å²) in [5.41, 5.74) is 2.47. The molecule has 0 saturated carbocycles. The highest BCUT2D eigenvalue weighted by Gasteiger charge is 2.24. The number of rotatable bonds is 3. The van der Waals surface area contributed by atoms with Crippen molar-refractivity contribution in [3.8, 4) is 0 Å². The molecule has 1 saturated heterocycles. The molecule has 0 aliphatic carbocycles. The van der Waals surface area contributed by atoms with Crippen molar-refractivity contribution in [3.05, 3.63) is 54.1 Å². The third-order valence-corrected chi connectivity index (χ3v) is 2.69. The van der Waals surface area contributed by atoms with E-state index in [4.69, 9.17) is 0 Å². The topological polar surface area (TPSA) is 39.8 Å². The van der Waals surface area contributed by atoms with Gasteiger partial charge in [-0.05, 0) is 24.3 Å². The van der Waals surface area contributed by atoms with E-state index in [-0.39, 0.29) is 0 Å². The predicted octanol–water partition coefficient (Wildman–Crippen LogP) is 1.58. The molecule has 15 heavy (non-hydrogen) atoms. The van der Waals surface area contributed by atoms with Crippen LogP contribution in [-0.2, 0) is 6.54 Å². The summed E-state index contributed by atoms with van der Waals surface area (Å²) >= 11 is 0. The molecule has 0 bridgehead atoms. The first-order chi connectivity index (χ1) is 7.43. The van der Waals surface area contributed by atoms with E-state index >= 15 is 0 Å². The average Bonchev–Trinajstić information content (AvgIpc) is 3.02. The van der Waals surface area contributed by atoms with Crippen LogP contribution in [0.1, 0.15) is 17.4 Å². The molecule has 0 aromatic carbocycles. The molecule has 2 aromatic heterocycles. The standard InChI is InChI=1S/C12H13N3/c1-2-6-13-10(4-1)9-15-7-3-5-12(15)11-8-14-11/h1-7,11,14H,8-9H2/t11-/m1/s1. The van der Waals surface area contributed by atoms with Gasteiger partial charge in [0.25, 0.3) is 0 Å². The molecule has 1 aliphatic rings. The highest BCUT2D eigenvalue weighted by atomic mass is 15.1. The quantitative estimate of drug-likeness (QED) is 0.762.